The zero-order valence-corrected chi connectivity index (χ0v) is 17.9. The fraction of sp³-hybridized carbons (Fsp3) is 0.222. The van der Waals surface area contributed by atoms with Crippen molar-refractivity contribution in [3.05, 3.63) is 83.9 Å². The summed E-state index contributed by atoms with van der Waals surface area (Å²) in [7, 11) is 0. The van der Waals surface area contributed by atoms with Crippen molar-refractivity contribution in [3.63, 3.8) is 0 Å². The molecular weight excluding hydrogens is 396 g/mol. The van der Waals surface area contributed by atoms with E-state index in [0.29, 0.717) is 17.2 Å². The Morgan fingerprint density at radius 3 is 2.25 bits per heavy atom. The molecule has 1 heterocycles. The highest BCUT2D eigenvalue weighted by Gasteiger charge is 2.16. The summed E-state index contributed by atoms with van der Waals surface area (Å²) in [5.41, 5.74) is 10.3. The molecule has 4 aromatic rings. The lowest BCUT2D eigenvalue weighted by Crippen LogP contribution is -2.23. The number of carbonyl (C=O) groups is 1. The number of hydrogen-bond acceptors (Lipinski definition) is 5. The molecule has 0 bridgehead atoms. The van der Waals surface area contributed by atoms with E-state index in [9.17, 15) is 4.79 Å². The molecule has 0 radical (unpaired) electrons. The van der Waals surface area contributed by atoms with Gasteiger partial charge < -0.3 is 11.1 Å². The maximum absolute atomic E-state index is 12.7. The van der Waals surface area contributed by atoms with Crippen LogP contribution in [0.1, 0.15) is 48.0 Å². The summed E-state index contributed by atoms with van der Waals surface area (Å²) >= 11 is 0. The molecule has 3 N–H and O–H groups in total. The van der Waals surface area contributed by atoms with Gasteiger partial charge in [-0.05, 0) is 36.1 Å². The monoisotopic (exact) mass is 422 g/mol. The molecule has 1 aliphatic carbocycles. The molecule has 5 rings (SSSR count). The van der Waals surface area contributed by atoms with E-state index < -0.39 is 0 Å². The Kier molecular flexibility index (Phi) is 5.55. The summed E-state index contributed by atoms with van der Waals surface area (Å²) in [6, 6.07) is 23.6. The number of benzene rings is 3. The number of nitrogen functional groups attached to an aromatic ring is 1. The van der Waals surface area contributed by atoms with Crippen LogP contribution in [0.4, 0.5) is 11.8 Å². The molecule has 160 valence electrons. The number of rotatable bonds is 5. The highest BCUT2D eigenvalue weighted by Crippen LogP contribution is 2.30. The fourth-order valence-corrected chi connectivity index (χ4v) is 4.45. The summed E-state index contributed by atoms with van der Waals surface area (Å²) in [5, 5.41) is 4.57. The first-order chi connectivity index (χ1) is 15.7. The predicted octanol–water partition coefficient (Wildman–Crippen LogP) is 5.85. The zero-order chi connectivity index (χ0) is 21.9. The molecule has 0 atom stereocenters. The van der Waals surface area contributed by atoms with Gasteiger partial charge in [-0.2, -0.15) is 4.98 Å². The van der Waals surface area contributed by atoms with Crippen LogP contribution in [-0.4, -0.2) is 21.8 Å². The van der Waals surface area contributed by atoms with Gasteiger partial charge in [-0.15, -0.1) is 0 Å². The Balaban J connectivity index is 1.45. The number of carbonyl (C=O) groups excluding carboxylic acids is 1. The molecule has 3 aromatic carbocycles. The topological polar surface area (TPSA) is 80.9 Å². The van der Waals surface area contributed by atoms with Crippen LogP contribution in [0.5, 0.6) is 0 Å². The van der Waals surface area contributed by atoms with Crippen LogP contribution in [0, 0.1) is 0 Å². The van der Waals surface area contributed by atoms with Crippen LogP contribution < -0.4 is 11.1 Å². The van der Waals surface area contributed by atoms with Gasteiger partial charge in [0.1, 0.15) is 5.82 Å². The molecule has 0 aliphatic heterocycles. The average molecular weight is 423 g/mol. The van der Waals surface area contributed by atoms with Crippen LogP contribution in [0.3, 0.4) is 0 Å². The molecule has 5 heteroatoms. The van der Waals surface area contributed by atoms with E-state index in [4.69, 9.17) is 5.73 Å². The lowest BCUT2D eigenvalue weighted by molar-refractivity contribution is 0.103. The molecule has 0 saturated heterocycles. The number of nitrogens with zero attached hydrogens (tertiary/aromatic N) is 2. The maximum atomic E-state index is 12.7. The number of nitrogens with one attached hydrogen (secondary N) is 1. The van der Waals surface area contributed by atoms with Gasteiger partial charge in [0.2, 0.25) is 5.95 Å². The standard InChI is InChI=1S/C27H26N4O/c28-27-30-24-16-15-21(17-23(24)26(31-27)29-22-9-5-2-6-10-22)18-11-13-20(14-12-18)25(32)19-7-3-1-4-8-19/h1,3-4,7-8,11-17,22H,2,5-6,9-10H2,(H3,28,29,30,31). The number of hydrogen-bond donors (Lipinski definition) is 2. The van der Waals surface area contributed by atoms with Gasteiger partial charge in [-0.1, -0.05) is 79.9 Å². The smallest absolute Gasteiger partial charge is 0.222 e. The van der Waals surface area contributed by atoms with Gasteiger partial charge in [-0.25, -0.2) is 4.98 Å². The summed E-state index contributed by atoms with van der Waals surface area (Å²) in [4.78, 5) is 21.6. The molecule has 1 aromatic heterocycles. The third-order valence-electron chi connectivity index (χ3n) is 6.18. The predicted molar refractivity (Wildman–Crippen MR) is 130 cm³/mol. The minimum Gasteiger partial charge on any atom is -0.368 e. The van der Waals surface area contributed by atoms with Crippen molar-refractivity contribution in [3.8, 4) is 11.1 Å². The molecule has 0 amide bonds. The lowest BCUT2D eigenvalue weighted by atomic mass is 9.95. The Bertz CT molecular complexity index is 1250. The number of anilines is 2. The summed E-state index contributed by atoms with van der Waals surface area (Å²) in [5.74, 6) is 1.11. The SMILES string of the molecule is Nc1nc(NC2CCCCC2)c2cc(-c3ccc(C(=O)c4ccccc4)cc3)ccc2n1. The highest BCUT2D eigenvalue weighted by atomic mass is 16.1. The summed E-state index contributed by atoms with van der Waals surface area (Å²) in [6.45, 7) is 0. The van der Waals surface area contributed by atoms with Crippen molar-refractivity contribution in [1.29, 1.82) is 0 Å². The van der Waals surface area contributed by atoms with Crippen LogP contribution in [0.15, 0.2) is 72.8 Å². The molecule has 1 fully saturated rings. The van der Waals surface area contributed by atoms with E-state index in [-0.39, 0.29) is 11.7 Å². The van der Waals surface area contributed by atoms with E-state index in [2.05, 4.69) is 21.4 Å². The Labute approximate surface area is 187 Å². The van der Waals surface area contributed by atoms with Crippen LogP contribution >= 0.6 is 0 Å². The van der Waals surface area contributed by atoms with Crippen molar-refractivity contribution in [2.75, 3.05) is 11.1 Å². The normalized spacial score (nSPS) is 14.4. The van der Waals surface area contributed by atoms with Crippen LogP contribution in [-0.2, 0) is 0 Å². The Morgan fingerprint density at radius 1 is 0.812 bits per heavy atom. The minimum atomic E-state index is 0.0264. The first kappa shape index (κ1) is 20.2. The third-order valence-corrected chi connectivity index (χ3v) is 6.18. The first-order valence-electron chi connectivity index (χ1n) is 11.2. The molecule has 5 nitrogen and oxygen atoms in total. The summed E-state index contributed by atoms with van der Waals surface area (Å²) < 4.78 is 0. The second kappa shape index (κ2) is 8.79. The van der Waals surface area contributed by atoms with E-state index in [1.54, 1.807) is 0 Å². The number of aromatic nitrogens is 2. The van der Waals surface area contributed by atoms with Gasteiger partial charge >= 0.3 is 0 Å². The second-order valence-electron chi connectivity index (χ2n) is 8.41. The third kappa shape index (κ3) is 4.19. The molecule has 1 saturated carbocycles. The molecule has 0 spiro atoms. The van der Waals surface area contributed by atoms with Crippen LogP contribution in [0.2, 0.25) is 0 Å². The molecule has 0 unspecified atom stereocenters. The van der Waals surface area contributed by atoms with Gasteiger partial charge in [0, 0.05) is 22.6 Å². The van der Waals surface area contributed by atoms with Crippen molar-refractivity contribution in [2.45, 2.75) is 38.1 Å². The van der Waals surface area contributed by atoms with E-state index >= 15 is 0 Å². The molecule has 1 aliphatic rings. The van der Waals surface area contributed by atoms with Gasteiger partial charge in [0.25, 0.3) is 0 Å². The van der Waals surface area contributed by atoms with Gasteiger partial charge in [0.15, 0.2) is 5.78 Å². The van der Waals surface area contributed by atoms with Crippen molar-refractivity contribution >= 4 is 28.5 Å². The van der Waals surface area contributed by atoms with Crippen molar-refractivity contribution in [1.82, 2.24) is 9.97 Å². The Morgan fingerprint density at radius 2 is 1.50 bits per heavy atom. The first-order valence-corrected chi connectivity index (χ1v) is 11.2. The van der Waals surface area contributed by atoms with Gasteiger partial charge in [0.05, 0.1) is 5.52 Å². The molecule has 32 heavy (non-hydrogen) atoms. The van der Waals surface area contributed by atoms with E-state index in [1.165, 1.54) is 19.3 Å². The quantitative estimate of drug-likeness (QED) is 0.394. The average Bonchev–Trinajstić information content (AvgIpc) is 2.85. The number of ketones is 1. The fourth-order valence-electron chi connectivity index (χ4n) is 4.45. The molecular formula is C27H26N4O. The second-order valence-corrected chi connectivity index (χ2v) is 8.41. The maximum Gasteiger partial charge on any atom is 0.222 e. The lowest BCUT2D eigenvalue weighted by Gasteiger charge is -2.24. The van der Waals surface area contributed by atoms with Crippen molar-refractivity contribution in [2.24, 2.45) is 0 Å². The van der Waals surface area contributed by atoms with E-state index in [0.717, 1.165) is 40.7 Å². The number of nitrogens with two attached hydrogens (primary N) is 1. The number of fused-ring (bicyclic) bond motifs is 1. The van der Waals surface area contributed by atoms with Crippen molar-refractivity contribution < 1.29 is 4.79 Å². The summed E-state index contributed by atoms with van der Waals surface area (Å²) in [6.07, 6.45) is 6.10. The Hall–Kier alpha value is -3.73. The van der Waals surface area contributed by atoms with E-state index in [1.807, 2.05) is 66.7 Å². The largest absolute Gasteiger partial charge is 0.368 e. The van der Waals surface area contributed by atoms with Crippen LogP contribution in [0.25, 0.3) is 22.0 Å². The van der Waals surface area contributed by atoms with Gasteiger partial charge in [-0.3, -0.25) is 4.79 Å². The minimum absolute atomic E-state index is 0.0264. The highest BCUT2D eigenvalue weighted by molar-refractivity contribution is 6.09. The zero-order valence-electron chi connectivity index (χ0n) is 17.9.